The molecule has 23 heavy (non-hydrogen) atoms. The largest absolute Gasteiger partial charge is 0.351 e. The number of nitro benzene ring substituents is 1. The molecule has 1 fully saturated rings. The van der Waals surface area contributed by atoms with Gasteiger partial charge in [0, 0.05) is 30.3 Å². The van der Waals surface area contributed by atoms with Crippen molar-refractivity contribution >= 4 is 17.7 Å². The Morgan fingerprint density at radius 2 is 2.09 bits per heavy atom. The van der Waals surface area contributed by atoms with Crippen LogP contribution >= 0.6 is 0 Å². The summed E-state index contributed by atoms with van der Waals surface area (Å²) in [5, 5.41) is 13.7. The molecule has 1 saturated carbocycles. The molecule has 0 heterocycles. The number of nitrogens with zero attached hydrogens (tertiary/aromatic N) is 2. The number of hydrogen-bond donors (Lipinski definition) is 1. The van der Waals surface area contributed by atoms with Crippen molar-refractivity contribution in [1.82, 2.24) is 10.2 Å². The zero-order valence-electron chi connectivity index (χ0n) is 13.6. The van der Waals surface area contributed by atoms with E-state index in [0.29, 0.717) is 12.1 Å². The van der Waals surface area contributed by atoms with E-state index in [2.05, 4.69) is 24.3 Å². The maximum Gasteiger partial charge on any atom is 0.270 e. The first-order valence-corrected chi connectivity index (χ1v) is 7.81. The highest BCUT2D eigenvalue weighted by molar-refractivity contribution is 5.91. The molecule has 2 rings (SSSR count). The molecule has 0 bridgehead atoms. The van der Waals surface area contributed by atoms with Crippen LogP contribution in [-0.2, 0) is 4.79 Å². The van der Waals surface area contributed by atoms with Crippen molar-refractivity contribution in [2.45, 2.75) is 31.2 Å². The highest BCUT2D eigenvalue weighted by atomic mass is 16.6. The summed E-state index contributed by atoms with van der Waals surface area (Å²) in [4.78, 5) is 24.5. The Kier molecular flexibility index (Phi) is 5.50. The quantitative estimate of drug-likeness (QED) is 0.497. The van der Waals surface area contributed by atoms with Crippen LogP contribution in [0.3, 0.4) is 0 Å². The maximum absolute atomic E-state index is 12.0. The Morgan fingerprint density at radius 3 is 2.70 bits per heavy atom. The number of nitrogens with one attached hydrogen (secondary N) is 1. The Balaban J connectivity index is 1.94. The van der Waals surface area contributed by atoms with Gasteiger partial charge in [0.25, 0.3) is 5.69 Å². The molecular weight excluding hydrogens is 294 g/mol. The second-order valence-corrected chi connectivity index (χ2v) is 6.23. The van der Waals surface area contributed by atoms with Crippen molar-refractivity contribution < 1.29 is 9.72 Å². The van der Waals surface area contributed by atoms with Gasteiger partial charge in [-0.05, 0) is 38.6 Å². The van der Waals surface area contributed by atoms with Crippen molar-refractivity contribution in [1.29, 1.82) is 0 Å². The summed E-state index contributed by atoms with van der Waals surface area (Å²) in [5.41, 5.74) is 0.706. The van der Waals surface area contributed by atoms with Crippen molar-refractivity contribution in [3.63, 3.8) is 0 Å². The van der Waals surface area contributed by atoms with E-state index in [-0.39, 0.29) is 17.1 Å². The molecule has 1 aromatic rings. The van der Waals surface area contributed by atoms with Crippen LogP contribution in [0.5, 0.6) is 0 Å². The van der Waals surface area contributed by atoms with Crippen LogP contribution in [0.1, 0.15) is 31.2 Å². The number of hydrogen-bond acceptors (Lipinski definition) is 4. The third-order valence-corrected chi connectivity index (χ3v) is 4.58. The molecule has 6 heteroatoms. The van der Waals surface area contributed by atoms with E-state index < -0.39 is 4.92 Å². The summed E-state index contributed by atoms with van der Waals surface area (Å²) < 4.78 is 0. The summed E-state index contributed by atoms with van der Waals surface area (Å²) in [6, 6.07) is 6.21. The number of non-ortho nitro benzene ring substituents is 1. The van der Waals surface area contributed by atoms with Gasteiger partial charge in [-0.2, -0.15) is 0 Å². The zero-order chi connectivity index (χ0) is 16.9. The minimum atomic E-state index is -0.446. The standard InChI is InChI=1S/C17H23N3O3/c1-19(2)17(10-3-4-11-17)13-18-16(21)9-8-14-6-5-7-15(12-14)20(22)23/h5-9,12H,3-4,10-11,13H2,1-2H3,(H,18,21)/b9-8+. The Hall–Kier alpha value is -2.21. The summed E-state index contributed by atoms with van der Waals surface area (Å²) in [7, 11) is 4.10. The lowest BCUT2D eigenvalue weighted by molar-refractivity contribution is -0.384. The highest BCUT2D eigenvalue weighted by Gasteiger charge is 2.35. The van der Waals surface area contributed by atoms with E-state index in [1.807, 2.05) is 0 Å². The van der Waals surface area contributed by atoms with Gasteiger partial charge in [0.2, 0.25) is 5.91 Å². The first kappa shape index (κ1) is 17.1. The fourth-order valence-corrected chi connectivity index (χ4v) is 3.04. The lowest BCUT2D eigenvalue weighted by atomic mass is 9.96. The predicted molar refractivity (Wildman–Crippen MR) is 90.0 cm³/mol. The first-order chi connectivity index (χ1) is 10.9. The fourth-order valence-electron chi connectivity index (χ4n) is 3.04. The average Bonchev–Trinajstić information content (AvgIpc) is 3.01. The lowest BCUT2D eigenvalue weighted by Crippen LogP contribution is -2.50. The molecule has 0 aromatic heterocycles. The van der Waals surface area contributed by atoms with E-state index in [4.69, 9.17) is 0 Å². The Labute approximate surface area is 136 Å². The first-order valence-electron chi connectivity index (χ1n) is 7.81. The van der Waals surface area contributed by atoms with Gasteiger partial charge in [-0.25, -0.2) is 0 Å². The molecule has 0 saturated heterocycles. The van der Waals surface area contributed by atoms with Gasteiger partial charge in [-0.1, -0.05) is 25.0 Å². The zero-order valence-corrected chi connectivity index (χ0v) is 13.6. The Bertz CT molecular complexity index is 605. The number of likely N-dealkylation sites (N-methyl/N-ethyl adjacent to an activating group) is 1. The average molecular weight is 317 g/mol. The summed E-state index contributed by atoms with van der Waals surface area (Å²) in [5.74, 6) is -0.176. The number of nitro groups is 1. The Morgan fingerprint density at radius 1 is 1.39 bits per heavy atom. The van der Waals surface area contributed by atoms with Crippen LogP contribution in [0.25, 0.3) is 6.08 Å². The van der Waals surface area contributed by atoms with Gasteiger partial charge in [-0.3, -0.25) is 14.9 Å². The second kappa shape index (κ2) is 7.37. The van der Waals surface area contributed by atoms with Crippen molar-refractivity contribution in [3.8, 4) is 0 Å². The van der Waals surface area contributed by atoms with Gasteiger partial charge < -0.3 is 10.2 Å². The van der Waals surface area contributed by atoms with Crippen LogP contribution in [0.15, 0.2) is 30.3 Å². The van der Waals surface area contributed by atoms with Crippen LogP contribution in [0.2, 0.25) is 0 Å². The molecule has 124 valence electrons. The predicted octanol–water partition coefficient (Wildman–Crippen LogP) is 2.60. The minimum Gasteiger partial charge on any atom is -0.351 e. The van der Waals surface area contributed by atoms with Crippen molar-refractivity contribution in [3.05, 3.63) is 46.0 Å². The third-order valence-electron chi connectivity index (χ3n) is 4.58. The lowest BCUT2D eigenvalue weighted by Gasteiger charge is -2.36. The van der Waals surface area contributed by atoms with Gasteiger partial charge in [0.15, 0.2) is 0 Å². The smallest absolute Gasteiger partial charge is 0.270 e. The molecule has 0 atom stereocenters. The van der Waals surface area contributed by atoms with E-state index in [0.717, 1.165) is 12.8 Å². The van der Waals surface area contributed by atoms with Crippen LogP contribution < -0.4 is 5.32 Å². The van der Waals surface area contributed by atoms with Crippen LogP contribution in [-0.4, -0.2) is 41.9 Å². The summed E-state index contributed by atoms with van der Waals surface area (Å²) >= 11 is 0. The topological polar surface area (TPSA) is 75.5 Å². The fraction of sp³-hybridized carbons (Fsp3) is 0.471. The molecule has 0 spiro atoms. The minimum absolute atomic E-state index is 0.0186. The molecule has 1 aliphatic rings. The molecule has 1 N–H and O–H groups in total. The van der Waals surface area contributed by atoms with E-state index in [1.54, 1.807) is 18.2 Å². The molecule has 0 radical (unpaired) electrons. The van der Waals surface area contributed by atoms with Crippen LogP contribution in [0, 0.1) is 10.1 Å². The van der Waals surface area contributed by atoms with E-state index in [1.165, 1.54) is 31.1 Å². The SMILES string of the molecule is CN(C)C1(CNC(=O)/C=C/c2cccc([N+](=O)[O-])c2)CCCC1. The molecule has 1 aromatic carbocycles. The summed E-state index contributed by atoms with van der Waals surface area (Å²) in [6.45, 7) is 0.623. The van der Waals surface area contributed by atoms with Crippen LogP contribution in [0.4, 0.5) is 5.69 Å². The number of benzene rings is 1. The summed E-state index contributed by atoms with van der Waals surface area (Å²) in [6.07, 6.45) is 7.59. The van der Waals surface area contributed by atoms with Gasteiger partial charge in [-0.15, -0.1) is 0 Å². The normalized spacial score (nSPS) is 16.8. The second-order valence-electron chi connectivity index (χ2n) is 6.23. The van der Waals surface area contributed by atoms with Crippen molar-refractivity contribution in [2.24, 2.45) is 0 Å². The number of amides is 1. The van der Waals surface area contributed by atoms with Gasteiger partial charge in [0.05, 0.1) is 4.92 Å². The maximum atomic E-state index is 12.0. The number of rotatable bonds is 6. The molecule has 6 nitrogen and oxygen atoms in total. The molecule has 0 unspecified atom stereocenters. The van der Waals surface area contributed by atoms with Gasteiger partial charge >= 0.3 is 0 Å². The van der Waals surface area contributed by atoms with E-state index in [9.17, 15) is 14.9 Å². The van der Waals surface area contributed by atoms with Crippen molar-refractivity contribution in [2.75, 3.05) is 20.6 Å². The highest BCUT2D eigenvalue weighted by Crippen LogP contribution is 2.33. The molecular formula is C17H23N3O3. The monoisotopic (exact) mass is 317 g/mol. The molecule has 1 aliphatic carbocycles. The molecule has 0 aliphatic heterocycles. The number of carbonyl (C=O) groups excluding carboxylic acids is 1. The molecule has 1 amide bonds. The van der Waals surface area contributed by atoms with Gasteiger partial charge in [0.1, 0.15) is 0 Å². The third kappa shape index (κ3) is 4.39. The number of carbonyl (C=O) groups is 1. The van der Waals surface area contributed by atoms with E-state index >= 15 is 0 Å².